The van der Waals surface area contributed by atoms with Crippen molar-refractivity contribution in [2.75, 3.05) is 6.54 Å². The Labute approximate surface area is 111 Å². The van der Waals surface area contributed by atoms with E-state index in [0.29, 0.717) is 25.4 Å². The number of hydrogen-bond donors (Lipinski definition) is 2. The van der Waals surface area contributed by atoms with Crippen LogP contribution >= 0.6 is 0 Å². The Morgan fingerprint density at radius 3 is 3.11 bits per heavy atom. The summed E-state index contributed by atoms with van der Waals surface area (Å²) >= 11 is 0. The lowest BCUT2D eigenvalue weighted by Crippen LogP contribution is -2.27. The zero-order chi connectivity index (χ0) is 13.2. The second-order valence-corrected chi connectivity index (χ2v) is 5.11. The van der Waals surface area contributed by atoms with Crippen LogP contribution in [0.15, 0.2) is 24.5 Å². The molecule has 1 aromatic carbocycles. The lowest BCUT2D eigenvalue weighted by molar-refractivity contribution is -0.121. The summed E-state index contributed by atoms with van der Waals surface area (Å²) in [7, 11) is 0. The van der Waals surface area contributed by atoms with Crippen molar-refractivity contribution >= 4 is 16.9 Å². The summed E-state index contributed by atoms with van der Waals surface area (Å²) in [6, 6.07) is 5.10. The number of carbonyl (C=O) groups excluding carboxylic acids is 1. The van der Waals surface area contributed by atoms with Gasteiger partial charge < -0.3 is 15.0 Å². The van der Waals surface area contributed by atoms with Crippen molar-refractivity contribution < 1.29 is 9.90 Å². The number of imidazole rings is 1. The van der Waals surface area contributed by atoms with Crippen LogP contribution in [0.1, 0.15) is 19.3 Å². The summed E-state index contributed by atoms with van der Waals surface area (Å²) in [6.07, 6.45) is 4.78. The van der Waals surface area contributed by atoms with Gasteiger partial charge in [-0.3, -0.25) is 4.79 Å². The van der Waals surface area contributed by atoms with Crippen LogP contribution in [-0.4, -0.2) is 27.1 Å². The Hall–Kier alpha value is -2.04. The summed E-state index contributed by atoms with van der Waals surface area (Å²) in [5, 5.41) is 12.4. The number of phenols is 1. The number of hydrogen-bond acceptors (Lipinski definition) is 3. The standard InChI is InChI=1S/C14H17N3O2/c18-11-3-4-12-13(8-11)17(9-16-12)6-5-15-14(19)7-10-1-2-10/h3-4,8-10,18H,1-2,5-7H2,(H,15,19). The third-order valence-corrected chi connectivity index (χ3v) is 3.45. The zero-order valence-electron chi connectivity index (χ0n) is 10.7. The van der Waals surface area contributed by atoms with Gasteiger partial charge >= 0.3 is 0 Å². The molecule has 1 fully saturated rings. The minimum Gasteiger partial charge on any atom is -0.508 e. The van der Waals surface area contributed by atoms with Crippen molar-refractivity contribution in [3.63, 3.8) is 0 Å². The highest BCUT2D eigenvalue weighted by Gasteiger charge is 2.23. The van der Waals surface area contributed by atoms with E-state index in [0.717, 1.165) is 11.0 Å². The van der Waals surface area contributed by atoms with E-state index in [1.807, 2.05) is 4.57 Å². The third kappa shape index (κ3) is 2.86. The van der Waals surface area contributed by atoms with Crippen molar-refractivity contribution in [3.05, 3.63) is 24.5 Å². The first-order chi connectivity index (χ1) is 9.22. The van der Waals surface area contributed by atoms with E-state index in [9.17, 15) is 9.90 Å². The highest BCUT2D eigenvalue weighted by molar-refractivity contribution is 5.77. The molecule has 0 atom stereocenters. The fourth-order valence-corrected chi connectivity index (χ4v) is 2.20. The molecule has 19 heavy (non-hydrogen) atoms. The van der Waals surface area contributed by atoms with Crippen molar-refractivity contribution in [2.45, 2.75) is 25.8 Å². The Balaban J connectivity index is 1.58. The molecular formula is C14H17N3O2. The molecule has 5 nitrogen and oxygen atoms in total. The number of phenolic OH excluding ortho intramolecular Hbond substituents is 1. The van der Waals surface area contributed by atoms with Gasteiger partial charge in [-0.05, 0) is 30.9 Å². The molecule has 1 aromatic heterocycles. The largest absolute Gasteiger partial charge is 0.508 e. The van der Waals surface area contributed by atoms with E-state index in [4.69, 9.17) is 0 Å². The number of amides is 1. The van der Waals surface area contributed by atoms with E-state index in [1.54, 1.807) is 24.5 Å². The highest BCUT2D eigenvalue weighted by Crippen LogP contribution is 2.32. The molecule has 0 saturated heterocycles. The van der Waals surface area contributed by atoms with Crippen LogP contribution in [0.3, 0.4) is 0 Å². The van der Waals surface area contributed by atoms with Crippen LogP contribution in [0.2, 0.25) is 0 Å². The third-order valence-electron chi connectivity index (χ3n) is 3.45. The molecule has 0 unspecified atom stereocenters. The average molecular weight is 259 g/mol. The van der Waals surface area contributed by atoms with Gasteiger partial charge in [-0.15, -0.1) is 0 Å². The Kier molecular flexibility index (Phi) is 3.11. The van der Waals surface area contributed by atoms with Crippen molar-refractivity contribution in [1.82, 2.24) is 14.9 Å². The fourth-order valence-electron chi connectivity index (χ4n) is 2.20. The molecule has 1 aliphatic rings. The Morgan fingerprint density at radius 1 is 1.47 bits per heavy atom. The van der Waals surface area contributed by atoms with Gasteiger partial charge in [-0.2, -0.15) is 0 Å². The number of aromatic hydroxyl groups is 1. The smallest absolute Gasteiger partial charge is 0.220 e. The zero-order valence-corrected chi connectivity index (χ0v) is 10.7. The summed E-state index contributed by atoms with van der Waals surface area (Å²) in [4.78, 5) is 15.8. The topological polar surface area (TPSA) is 67.2 Å². The second kappa shape index (κ2) is 4.91. The molecular weight excluding hydrogens is 242 g/mol. The summed E-state index contributed by atoms with van der Waals surface area (Å²) in [5.74, 6) is 0.979. The van der Waals surface area contributed by atoms with Crippen LogP contribution in [0.25, 0.3) is 11.0 Å². The van der Waals surface area contributed by atoms with Crippen molar-refractivity contribution in [3.8, 4) is 5.75 Å². The summed E-state index contributed by atoms with van der Waals surface area (Å²) in [5.41, 5.74) is 1.73. The first kappa shape index (κ1) is 12.0. The molecule has 100 valence electrons. The van der Waals surface area contributed by atoms with Crippen molar-refractivity contribution in [1.29, 1.82) is 0 Å². The minimum absolute atomic E-state index is 0.134. The molecule has 1 amide bonds. The van der Waals surface area contributed by atoms with Crippen LogP contribution in [0.5, 0.6) is 5.75 Å². The van der Waals surface area contributed by atoms with E-state index in [2.05, 4.69) is 10.3 Å². The lowest BCUT2D eigenvalue weighted by atomic mass is 10.3. The van der Waals surface area contributed by atoms with Gasteiger partial charge in [0, 0.05) is 25.6 Å². The maximum Gasteiger partial charge on any atom is 0.220 e. The molecule has 2 N–H and O–H groups in total. The van der Waals surface area contributed by atoms with Gasteiger partial charge in [0.1, 0.15) is 5.75 Å². The van der Waals surface area contributed by atoms with Crippen molar-refractivity contribution in [2.24, 2.45) is 5.92 Å². The maximum atomic E-state index is 11.6. The first-order valence-electron chi connectivity index (χ1n) is 6.63. The van der Waals surface area contributed by atoms with Gasteiger partial charge in [-0.25, -0.2) is 4.98 Å². The number of fused-ring (bicyclic) bond motifs is 1. The number of rotatable bonds is 5. The molecule has 2 aromatic rings. The number of aromatic nitrogens is 2. The molecule has 0 spiro atoms. The lowest BCUT2D eigenvalue weighted by Gasteiger charge is -2.06. The minimum atomic E-state index is 0.134. The first-order valence-corrected chi connectivity index (χ1v) is 6.63. The Bertz CT molecular complexity index is 602. The van der Waals surface area contributed by atoms with Crippen LogP contribution < -0.4 is 5.32 Å². The molecule has 5 heteroatoms. The molecule has 1 saturated carbocycles. The predicted molar refractivity (Wildman–Crippen MR) is 71.7 cm³/mol. The van der Waals surface area contributed by atoms with Gasteiger partial charge in [0.2, 0.25) is 5.91 Å². The van der Waals surface area contributed by atoms with Crippen LogP contribution in [-0.2, 0) is 11.3 Å². The van der Waals surface area contributed by atoms with E-state index >= 15 is 0 Å². The number of nitrogens with one attached hydrogen (secondary N) is 1. The van der Waals surface area contributed by atoms with E-state index in [1.165, 1.54) is 12.8 Å². The van der Waals surface area contributed by atoms with E-state index < -0.39 is 0 Å². The molecule has 1 aliphatic carbocycles. The average Bonchev–Trinajstić information content (AvgIpc) is 3.10. The van der Waals surface area contributed by atoms with Gasteiger partial charge in [0.25, 0.3) is 0 Å². The number of nitrogens with zero attached hydrogens (tertiary/aromatic N) is 2. The number of benzene rings is 1. The normalized spacial score (nSPS) is 14.7. The summed E-state index contributed by atoms with van der Waals surface area (Å²) in [6.45, 7) is 1.25. The fraction of sp³-hybridized carbons (Fsp3) is 0.429. The van der Waals surface area contributed by atoms with Gasteiger partial charge in [0.15, 0.2) is 0 Å². The molecule has 0 radical (unpaired) electrons. The van der Waals surface area contributed by atoms with Crippen LogP contribution in [0, 0.1) is 5.92 Å². The van der Waals surface area contributed by atoms with E-state index in [-0.39, 0.29) is 11.7 Å². The van der Waals surface area contributed by atoms with Gasteiger partial charge in [-0.1, -0.05) is 0 Å². The predicted octanol–water partition coefficient (Wildman–Crippen LogP) is 1.66. The molecule has 0 bridgehead atoms. The highest BCUT2D eigenvalue weighted by atomic mass is 16.3. The molecule has 1 heterocycles. The number of carbonyl (C=O) groups is 1. The van der Waals surface area contributed by atoms with Gasteiger partial charge in [0.05, 0.1) is 17.4 Å². The maximum absolute atomic E-state index is 11.6. The Morgan fingerprint density at radius 2 is 2.32 bits per heavy atom. The molecule has 0 aliphatic heterocycles. The summed E-state index contributed by atoms with van der Waals surface area (Å²) < 4.78 is 1.94. The second-order valence-electron chi connectivity index (χ2n) is 5.11. The SMILES string of the molecule is O=C(CC1CC1)NCCn1cnc2ccc(O)cc21. The monoisotopic (exact) mass is 259 g/mol. The van der Waals surface area contributed by atoms with Crippen LogP contribution in [0.4, 0.5) is 0 Å². The molecule has 3 rings (SSSR count). The quantitative estimate of drug-likeness (QED) is 0.858.